The van der Waals surface area contributed by atoms with Crippen LogP contribution in [0.15, 0.2) is 52.3 Å². The van der Waals surface area contributed by atoms with Gasteiger partial charge in [0, 0.05) is 25.5 Å². The number of hydrogen-bond donors (Lipinski definition) is 2. The van der Waals surface area contributed by atoms with Crippen molar-refractivity contribution in [2.75, 3.05) is 6.54 Å². The molecule has 2 heterocycles. The summed E-state index contributed by atoms with van der Waals surface area (Å²) >= 11 is 0. The van der Waals surface area contributed by atoms with E-state index in [1.165, 1.54) is 0 Å². The van der Waals surface area contributed by atoms with Gasteiger partial charge in [0.05, 0.1) is 10.9 Å². The van der Waals surface area contributed by atoms with E-state index in [2.05, 4.69) is 15.4 Å². The number of amides is 1. The van der Waals surface area contributed by atoms with E-state index < -0.39 is 11.2 Å². The second-order valence-corrected chi connectivity index (χ2v) is 6.00. The second-order valence-electron chi connectivity index (χ2n) is 6.00. The summed E-state index contributed by atoms with van der Waals surface area (Å²) in [7, 11) is 0. The lowest BCUT2D eigenvalue weighted by molar-refractivity contribution is -0.121. The van der Waals surface area contributed by atoms with Crippen LogP contribution in [0.5, 0.6) is 0 Å². The van der Waals surface area contributed by atoms with E-state index in [4.69, 9.17) is 0 Å². The minimum absolute atomic E-state index is 0.162. The van der Waals surface area contributed by atoms with Crippen LogP contribution in [0.2, 0.25) is 0 Å². The van der Waals surface area contributed by atoms with Crippen LogP contribution in [0, 0.1) is 5.92 Å². The molecule has 0 aliphatic carbocycles. The molecule has 130 valence electrons. The first-order chi connectivity index (χ1) is 12.0. The smallest absolute Gasteiger partial charge is 0.329 e. The second kappa shape index (κ2) is 7.16. The molecule has 3 aromatic rings. The molecule has 8 heteroatoms. The van der Waals surface area contributed by atoms with Crippen LogP contribution in [0.1, 0.15) is 6.92 Å². The largest absolute Gasteiger partial charge is 0.354 e. The summed E-state index contributed by atoms with van der Waals surface area (Å²) in [4.78, 5) is 39.2. The van der Waals surface area contributed by atoms with Crippen molar-refractivity contribution in [2.24, 2.45) is 5.92 Å². The first kappa shape index (κ1) is 16.7. The maximum Gasteiger partial charge on any atom is 0.329 e. The molecule has 0 saturated carbocycles. The average Bonchev–Trinajstić information content (AvgIpc) is 3.10. The molecular formula is C17H19N5O3. The van der Waals surface area contributed by atoms with Crippen molar-refractivity contribution in [3.05, 3.63) is 63.6 Å². The molecule has 2 N–H and O–H groups in total. The molecule has 0 radical (unpaired) electrons. The molecule has 25 heavy (non-hydrogen) atoms. The lowest BCUT2D eigenvalue weighted by Gasteiger charge is -2.13. The normalized spacial score (nSPS) is 12.2. The number of para-hydroxylation sites is 1. The van der Waals surface area contributed by atoms with Crippen LogP contribution in [0.3, 0.4) is 0 Å². The van der Waals surface area contributed by atoms with Gasteiger partial charge in [0.1, 0.15) is 6.54 Å². The summed E-state index contributed by atoms with van der Waals surface area (Å²) in [6.07, 6.45) is 3.55. The van der Waals surface area contributed by atoms with E-state index in [9.17, 15) is 14.4 Å². The molecule has 8 nitrogen and oxygen atoms in total. The fraction of sp³-hybridized carbons (Fsp3) is 0.294. The molecule has 1 unspecified atom stereocenters. The Kier molecular flexibility index (Phi) is 4.78. The number of hydrogen-bond acceptors (Lipinski definition) is 4. The quantitative estimate of drug-likeness (QED) is 0.675. The van der Waals surface area contributed by atoms with Crippen molar-refractivity contribution in [1.29, 1.82) is 0 Å². The average molecular weight is 341 g/mol. The van der Waals surface area contributed by atoms with Crippen molar-refractivity contribution in [3.8, 4) is 0 Å². The van der Waals surface area contributed by atoms with Gasteiger partial charge in [0.15, 0.2) is 0 Å². The molecule has 2 aromatic heterocycles. The molecule has 0 saturated heterocycles. The van der Waals surface area contributed by atoms with Gasteiger partial charge in [-0.2, -0.15) is 5.10 Å². The number of fused-ring (bicyclic) bond motifs is 1. The van der Waals surface area contributed by atoms with Crippen LogP contribution in [0.4, 0.5) is 0 Å². The predicted octanol–water partition coefficient (Wildman–Crippen LogP) is 0.339. The van der Waals surface area contributed by atoms with Gasteiger partial charge in [-0.25, -0.2) is 4.79 Å². The van der Waals surface area contributed by atoms with E-state index in [-0.39, 0.29) is 18.4 Å². The van der Waals surface area contributed by atoms with Crippen molar-refractivity contribution in [3.63, 3.8) is 0 Å². The summed E-state index contributed by atoms with van der Waals surface area (Å²) in [6.45, 7) is 2.77. The fourth-order valence-corrected chi connectivity index (χ4v) is 2.62. The fourth-order valence-electron chi connectivity index (χ4n) is 2.62. The number of H-pyrrole nitrogens is 1. The highest BCUT2D eigenvalue weighted by atomic mass is 16.2. The Balaban J connectivity index is 1.66. The zero-order valence-corrected chi connectivity index (χ0v) is 13.8. The molecule has 3 rings (SSSR count). The zero-order valence-electron chi connectivity index (χ0n) is 13.8. The first-order valence-electron chi connectivity index (χ1n) is 8.00. The van der Waals surface area contributed by atoms with Crippen molar-refractivity contribution < 1.29 is 4.79 Å². The topological polar surface area (TPSA) is 102 Å². The van der Waals surface area contributed by atoms with Gasteiger partial charge in [-0.1, -0.05) is 19.1 Å². The van der Waals surface area contributed by atoms with Crippen LogP contribution in [-0.2, 0) is 17.9 Å². The van der Waals surface area contributed by atoms with E-state index in [0.29, 0.717) is 24.0 Å². The third-order valence-electron chi connectivity index (χ3n) is 3.90. The molecule has 0 spiro atoms. The summed E-state index contributed by atoms with van der Waals surface area (Å²) in [5.41, 5.74) is -0.607. The minimum Gasteiger partial charge on any atom is -0.354 e. The molecule has 0 bridgehead atoms. The Hall–Kier alpha value is -3.16. The number of benzene rings is 1. The summed E-state index contributed by atoms with van der Waals surface area (Å²) in [5, 5.41) is 7.25. The lowest BCUT2D eigenvalue weighted by atomic mass is 10.2. The monoisotopic (exact) mass is 341 g/mol. The number of nitrogens with one attached hydrogen (secondary N) is 2. The maximum atomic E-state index is 12.4. The first-order valence-corrected chi connectivity index (χ1v) is 8.00. The van der Waals surface area contributed by atoms with Crippen LogP contribution < -0.4 is 16.6 Å². The summed E-state index contributed by atoms with van der Waals surface area (Å²) in [5.74, 6) is -0.217. The minimum atomic E-state index is -0.594. The molecular weight excluding hydrogens is 322 g/mol. The summed E-state index contributed by atoms with van der Waals surface area (Å²) in [6, 6.07) is 8.55. The van der Waals surface area contributed by atoms with Crippen molar-refractivity contribution >= 4 is 16.8 Å². The number of rotatable bonds is 6. The highest BCUT2D eigenvalue weighted by Crippen LogP contribution is 2.03. The highest BCUT2D eigenvalue weighted by Gasteiger charge is 2.12. The molecule has 1 amide bonds. The Labute approximate surface area is 143 Å². The predicted molar refractivity (Wildman–Crippen MR) is 93.2 cm³/mol. The third kappa shape index (κ3) is 3.85. The van der Waals surface area contributed by atoms with Gasteiger partial charge in [0.25, 0.3) is 5.56 Å². The van der Waals surface area contributed by atoms with Gasteiger partial charge in [-0.05, 0) is 24.1 Å². The molecule has 0 fully saturated rings. The van der Waals surface area contributed by atoms with Gasteiger partial charge < -0.3 is 10.3 Å². The zero-order chi connectivity index (χ0) is 17.8. The number of nitrogens with zero attached hydrogens (tertiary/aromatic N) is 3. The number of carbonyl (C=O) groups is 1. The molecule has 1 aromatic carbocycles. The maximum absolute atomic E-state index is 12.4. The highest BCUT2D eigenvalue weighted by molar-refractivity contribution is 5.78. The van der Waals surface area contributed by atoms with Gasteiger partial charge in [-0.3, -0.25) is 18.8 Å². The van der Waals surface area contributed by atoms with Gasteiger partial charge in [0.2, 0.25) is 5.91 Å². The molecule has 0 aliphatic rings. The van der Waals surface area contributed by atoms with E-state index in [1.807, 2.05) is 19.2 Å². The van der Waals surface area contributed by atoms with Crippen molar-refractivity contribution in [2.45, 2.75) is 20.0 Å². The molecule has 1 atom stereocenters. The van der Waals surface area contributed by atoms with E-state index >= 15 is 0 Å². The Morgan fingerprint density at radius 1 is 1.28 bits per heavy atom. The summed E-state index contributed by atoms with van der Waals surface area (Å²) < 4.78 is 2.70. The standard InChI is InChI=1S/C17H19N5O3/c1-12(10-21-8-4-7-19-21)9-18-15(23)11-22-16(24)13-5-2-3-6-14(13)20-17(22)25/h2-8,12H,9-11H2,1H3,(H,18,23)(H,20,25). The van der Waals surface area contributed by atoms with Crippen LogP contribution in [-0.4, -0.2) is 31.8 Å². The Bertz CT molecular complexity index is 987. The Morgan fingerprint density at radius 2 is 2.08 bits per heavy atom. The van der Waals surface area contributed by atoms with Gasteiger partial charge >= 0.3 is 5.69 Å². The number of carbonyl (C=O) groups excluding carboxylic acids is 1. The van der Waals surface area contributed by atoms with Crippen molar-refractivity contribution in [1.82, 2.24) is 24.6 Å². The van der Waals surface area contributed by atoms with E-state index in [0.717, 1.165) is 4.57 Å². The van der Waals surface area contributed by atoms with Crippen LogP contribution >= 0.6 is 0 Å². The number of aromatic nitrogens is 4. The van der Waals surface area contributed by atoms with E-state index in [1.54, 1.807) is 35.1 Å². The lowest BCUT2D eigenvalue weighted by Crippen LogP contribution is -2.41. The third-order valence-corrected chi connectivity index (χ3v) is 3.90. The van der Waals surface area contributed by atoms with Gasteiger partial charge in [-0.15, -0.1) is 0 Å². The molecule has 0 aliphatic heterocycles. The number of aromatic amines is 1. The SMILES string of the molecule is CC(CNC(=O)Cn1c(=O)[nH]c2ccccc2c1=O)Cn1cccn1. The van der Waals surface area contributed by atoms with Crippen LogP contribution in [0.25, 0.3) is 10.9 Å². The Morgan fingerprint density at radius 3 is 2.84 bits per heavy atom.